The van der Waals surface area contributed by atoms with Gasteiger partial charge in [0.1, 0.15) is 20.9 Å². The van der Waals surface area contributed by atoms with Gasteiger partial charge in [-0.2, -0.15) is 0 Å². The van der Waals surface area contributed by atoms with Gasteiger partial charge in [-0.3, -0.25) is 0 Å². The lowest BCUT2D eigenvalue weighted by Gasteiger charge is -2.32. The summed E-state index contributed by atoms with van der Waals surface area (Å²) in [6.07, 6.45) is 0. The van der Waals surface area contributed by atoms with Crippen molar-refractivity contribution in [2.45, 2.75) is 12.5 Å². The van der Waals surface area contributed by atoms with Gasteiger partial charge in [0.15, 0.2) is 0 Å². The van der Waals surface area contributed by atoms with Crippen molar-refractivity contribution in [3.05, 3.63) is 15.0 Å². The second-order valence-corrected chi connectivity index (χ2v) is 7.61. The normalized spacial score (nSPS) is 27.9. The Morgan fingerprint density at radius 2 is 2.29 bits per heavy atom. The third kappa shape index (κ3) is 2.18. The summed E-state index contributed by atoms with van der Waals surface area (Å²) in [4.78, 5) is 8.46. The lowest BCUT2D eigenvalue weighted by Crippen LogP contribution is -2.50. The van der Waals surface area contributed by atoms with Gasteiger partial charge in [0.05, 0.1) is 0 Å². The predicted molar refractivity (Wildman–Crippen MR) is 70.3 cm³/mol. The van der Waals surface area contributed by atoms with Gasteiger partial charge >= 0.3 is 0 Å². The fraction of sp³-hybridized carbons (Fsp3) is 0.500. The van der Waals surface area contributed by atoms with Gasteiger partial charge in [-0.25, -0.2) is 22.7 Å². The molecule has 0 bridgehead atoms. The average Bonchev–Trinajstić information content (AvgIpc) is 2.61. The number of hydrogen-bond acceptors (Lipinski definition) is 6. The highest BCUT2D eigenvalue weighted by atomic mass is 79.9. The van der Waals surface area contributed by atoms with E-state index in [0.717, 1.165) is 4.31 Å². The van der Waals surface area contributed by atoms with Gasteiger partial charge in [-0.1, -0.05) is 0 Å². The minimum absolute atomic E-state index is 0.00919. The van der Waals surface area contributed by atoms with Crippen molar-refractivity contribution in [3.63, 3.8) is 0 Å². The van der Waals surface area contributed by atoms with Crippen LogP contribution in [0.3, 0.4) is 0 Å². The SMILES string of the molecule is CN1C(N)=N[C@](C)(c2nc(Br)cs2)CS1(=O)=O. The minimum atomic E-state index is -3.43. The second kappa shape index (κ2) is 3.92. The molecule has 0 radical (unpaired) electrons. The Bertz CT molecular complexity index is 582. The van der Waals surface area contributed by atoms with E-state index in [0.29, 0.717) is 9.61 Å². The molecule has 9 heteroatoms. The molecule has 2 heterocycles. The van der Waals surface area contributed by atoms with Crippen LogP contribution in [0.2, 0.25) is 0 Å². The third-order valence-corrected chi connectivity index (χ3v) is 6.25. The number of aromatic nitrogens is 1. The van der Waals surface area contributed by atoms with Crippen LogP contribution in [0.15, 0.2) is 15.0 Å². The molecule has 0 aromatic carbocycles. The highest BCUT2D eigenvalue weighted by molar-refractivity contribution is 9.10. The molecular weight excluding hydrogens is 328 g/mol. The number of aliphatic imine (C=N–C) groups is 1. The smallest absolute Gasteiger partial charge is 0.239 e. The molecule has 0 amide bonds. The van der Waals surface area contributed by atoms with Crippen molar-refractivity contribution in [2.24, 2.45) is 10.7 Å². The predicted octanol–water partition coefficient (Wildman–Crippen LogP) is 0.711. The van der Waals surface area contributed by atoms with Gasteiger partial charge in [0.2, 0.25) is 16.0 Å². The molecule has 1 aromatic heterocycles. The molecular formula is C8H11BrN4O2S2. The quantitative estimate of drug-likeness (QED) is 0.816. The summed E-state index contributed by atoms with van der Waals surface area (Å²) in [7, 11) is -2.03. The fourth-order valence-corrected chi connectivity index (χ4v) is 4.44. The van der Waals surface area contributed by atoms with Crippen LogP contribution in [0.25, 0.3) is 0 Å². The summed E-state index contributed by atoms with van der Waals surface area (Å²) in [6.45, 7) is 1.72. The van der Waals surface area contributed by atoms with Gasteiger partial charge < -0.3 is 5.73 Å². The highest BCUT2D eigenvalue weighted by Crippen LogP contribution is 2.34. The van der Waals surface area contributed by atoms with Crippen LogP contribution in [0, 0.1) is 0 Å². The van der Waals surface area contributed by atoms with Crippen LogP contribution in [0.4, 0.5) is 0 Å². The molecule has 1 aromatic rings. The standard InChI is InChI=1S/C8H11BrN4O2S2/c1-8(6-11-5(9)3-16-6)4-17(14,15)13(2)7(10)12-8/h3H,4H2,1-2H3,(H2,10,12)/t8-/m0/s1. The molecule has 0 saturated heterocycles. The van der Waals surface area contributed by atoms with Gasteiger partial charge in [0.25, 0.3) is 0 Å². The summed E-state index contributed by atoms with van der Waals surface area (Å²) in [6, 6.07) is 0. The van der Waals surface area contributed by atoms with Crippen LogP contribution in [-0.4, -0.2) is 36.5 Å². The van der Waals surface area contributed by atoms with E-state index in [1.165, 1.54) is 18.4 Å². The number of sulfonamides is 1. The number of nitrogens with zero attached hydrogens (tertiary/aromatic N) is 3. The minimum Gasteiger partial charge on any atom is -0.369 e. The zero-order chi connectivity index (χ0) is 12.8. The summed E-state index contributed by atoms with van der Waals surface area (Å²) >= 11 is 4.59. The van der Waals surface area contributed by atoms with E-state index in [2.05, 4.69) is 25.9 Å². The van der Waals surface area contributed by atoms with Crippen LogP contribution in [-0.2, 0) is 15.6 Å². The summed E-state index contributed by atoms with van der Waals surface area (Å²) < 4.78 is 25.5. The van der Waals surface area contributed by atoms with Crippen molar-refractivity contribution in [3.8, 4) is 0 Å². The fourth-order valence-electron chi connectivity index (χ4n) is 1.56. The average molecular weight is 339 g/mol. The number of thiazole rings is 1. The second-order valence-electron chi connectivity index (χ2n) is 3.94. The molecule has 0 unspecified atom stereocenters. The van der Waals surface area contributed by atoms with Crippen molar-refractivity contribution < 1.29 is 8.42 Å². The van der Waals surface area contributed by atoms with Gasteiger partial charge in [-0.05, 0) is 22.9 Å². The molecule has 1 aliphatic rings. The molecule has 17 heavy (non-hydrogen) atoms. The number of rotatable bonds is 1. The van der Waals surface area contributed by atoms with E-state index in [9.17, 15) is 8.42 Å². The monoisotopic (exact) mass is 338 g/mol. The van der Waals surface area contributed by atoms with Crippen LogP contribution in [0.5, 0.6) is 0 Å². The Morgan fingerprint density at radius 1 is 1.65 bits per heavy atom. The van der Waals surface area contributed by atoms with E-state index in [4.69, 9.17) is 5.73 Å². The Kier molecular flexibility index (Phi) is 2.95. The number of guanidine groups is 1. The van der Waals surface area contributed by atoms with E-state index in [-0.39, 0.29) is 11.7 Å². The van der Waals surface area contributed by atoms with Crippen LogP contribution < -0.4 is 5.73 Å². The molecule has 0 spiro atoms. The number of hydrogen-bond donors (Lipinski definition) is 1. The lowest BCUT2D eigenvalue weighted by molar-refractivity contribution is 0.475. The Hall–Kier alpha value is -0.670. The first kappa shape index (κ1) is 12.8. The molecule has 0 aliphatic carbocycles. The van der Waals surface area contributed by atoms with Crippen molar-refractivity contribution in [1.29, 1.82) is 0 Å². The van der Waals surface area contributed by atoms with Crippen LogP contribution in [0.1, 0.15) is 11.9 Å². The number of halogens is 1. The van der Waals surface area contributed by atoms with Crippen molar-refractivity contribution in [1.82, 2.24) is 9.29 Å². The van der Waals surface area contributed by atoms with E-state index >= 15 is 0 Å². The Morgan fingerprint density at radius 3 is 2.76 bits per heavy atom. The molecule has 0 fully saturated rings. The first-order valence-corrected chi connectivity index (χ1v) is 7.96. The summed E-state index contributed by atoms with van der Waals surface area (Å²) in [5, 5.41) is 2.42. The highest BCUT2D eigenvalue weighted by Gasteiger charge is 2.42. The third-order valence-electron chi connectivity index (χ3n) is 2.50. The Balaban J connectivity index is 2.53. The van der Waals surface area contributed by atoms with Gasteiger partial charge in [-0.15, -0.1) is 11.3 Å². The molecule has 6 nitrogen and oxygen atoms in total. The maximum atomic E-state index is 11.9. The topological polar surface area (TPSA) is 88.7 Å². The van der Waals surface area contributed by atoms with Crippen molar-refractivity contribution >= 4 is 43.2 Å². The molecule has 2 N–H and O–H groups in total. The van der Waals surface area contributed by atoms with E-state index in [1.807, 2.05) is 0 Å². The summed E-state index contributed by atoms with van der Waals surface area (Å²) in [5.74, 6) is -0.137. The van der Waals surface area contributed by atoms with Crippen molar-refractivity contribution in [2.75, 3.05) is 12.8 Å². The maximum Gasteiger partial charge on any atom is 0.239 e. The molecule has 2 rings (SSSR count). The Labute approximate surface area is 112 Å². The van der Waals surface area contributed by atoms with E-state index in [1.54, 1.807) is 12.3 Å². The largest absolute Gasteiger partial charge is 0.369 e. The first-order chi connectivity index (χ1) is 7.74. The molecule has 94 valence electrons. The number of nitrogens with two attached hydrogens (primary N) is 1. The zero-order valence-electron chi connectivity index (χ0n) is 9.21. The zero-order valence-corrected chi connectivity index (χ0v) is 12.4. The first-order valence-electron chi connectivity index (χ1n) is 4.68. The van der Waals surface area contributed by atoms with Crippen LogP contribution >= 0.6 is 27.3 Å². The maximum absolute atomic E-state index is 11.9. The molecule has 1 atom stereocenters. The molecule has 0 saturated carbocycles. The van der Waals surface area contributed by atoms with Gasteiger partial charge in [0, 0.05) is 12.4 Å². The van der Waals surface area contributed by atoms with E-state index < -0.39 is 15.6 Å². The molecule has 1 aliphatic heterocycles. The lowest BCUT2D eigenvalue weighted by atomic mass is 10.1. The summed E-state index contributed by atoms with van der Waals surface area (Å²) in [5.41, 5.74) is 4.72.